The summed E-state index contributed by atoms with van der Waals surface area (Å²) in [7, 11) is 1.83. The molecule has 29 heavy (non-hydrogen) atoms. The van der Waals surface area contributed by atoms with Crippen LogP contribution in [0.15, 0.2) is 0 Å². The molecule has 0 aromatic rings. The third-order valence-corrected chi connectivity index (χ3v) is 7.51. The lowest BCUT2D eigenvalue weighted by Gasteiger charge is -2.34. The van der Waals surface area contributed by atoms with E-state index in [0.717, 1.165) is 69.5 Å². The fourth-order valence-corrected chi connectivity index (χ4v) is 4.65. The molecule has 0 amide bonds. The van der Waals surface area contributed by atoms with Gasteiger partial charge in [-0.3, -0.25) is 4.79 Å². The van der Waals surface area contributed by atoms with Gasteiger partial charge in [-0.05, 0) is 76.0 Å². The molecule has 1 spiro atoms. The van der Waals surface area contributed by atoms with Crippen LogP contribution in [0.25, 0.3) is 0 Å². The average Bonchev–Trinajstić information content (AvgIpc) is 3.19. The van der Waals surface area contributed by atoms with Gasteiger partial charge in [0, 0.05) is 32.8 Å². The Kier molecular flexibility index (Phi) is 10.1. The van der Waals surface area contributed by atoms with Gasteiger partial charge in [0.05, 0.1) is 18.8 Å². The largest absolute Gasteiger partial charge is 0.379 e. The Hall–Kier alpha value is -0.450. The molecule has 0 aromatic carbocycles. The van der Waals surface area contributed by atoms with Crippen molar-refractivity contribution in [2.45, 2.75) is 116 Å². The van der Waals surface area contributed by atoms with E-state index in [1.807, 2.05) is 7.11 Å². The number of methoxy groups -OCH3 is 1. The molecule has 0 unspecified atom stereocenters. The molecule has 0 N–H and O–H groups in total. The summed E-state index contributed by atoms with van der Waals surface area (Å²) >= 11 is 0. The number of hydrogen-bond acceptors (Lipinski definition) is 4. The molecule has 4 fully saturated rings. The SMILES string of the molecule is CC1CCC(=O)CC1.CC1CCC2(CC1)OCCO2.COC1(C)CCC(C)CC1. The first-order chi connectivity index (χ1) is 13.8. The highest BCUT2D eigenvalue weighted by Gasteiger charge is 2.39. The Balaban J connectivity index is 0.000000157. The lowest BCUT2D eigenvalue weighted by Crippen LogP contribution is -2.34. The van der Waals surface area contributed by atoms with Gasteiger partial charge in [0.2, 0.25) is 0 Å². The minimum absolute atomic E-state index is 0.146. The van der Waals surface area contributed by atoms with Crippen LogP contribution >= 0.6 is 0 Å². The molecule has 3 aliphatic carbocycles. The molecule has 0 radical (unpaired) electrons. The van der Waals surface area contributed by atoms with Crippen LogP contribution in [0.3, 0.4) is 0 Å². The van der Waals surface area contributed by atoms with Crippen molar-refractivity contribution in [3.05, 3.63) is 0 Å². The Bertz CT molecular complexity index is 455. The second-order valence-corrected chi connectivity index (χ2v) is 10.3. The lowest BCUT2D eigenvalue weighted by molar-refractivity contribution is -0.181. The molecule has 170 valence electrons. The maximum absolute atomic E-state index is 10.6. The molecule has 0 atom stereocenters. The van der Waals surface area contributed by atoms with Gasteiger partial charge in [-0.15, -0.1) is 0 Å². The van der Waals surface area contributed by atoms with Gasteiger partial charge < -0.3 is 14.2 Å². The first-order valence-corrected chi connectivity index (χ1v) is 12.1. The normalized spacial score (nSPS) is 32.9. The van der Waals surface area contributed by atoms with Crippen molar-refractivity contribution in [2.24, 2.45) is 17.8 Å². The van der Waals surface area contributed by atoms with E-state index in [2.05, 4.69) is 27.7 Å². The minimum Gasteiger partial charge on any atom is -0.379 e. The molecule has 4 aliphatic rings. The second-order valence-electron chi connectivity index (χ2n) is 10.3. The Morgan fingerprint density at radius 2 is 1.17 bits per heavy atom. The summed E-state index contributed by atoms with van der Waals surface area (Å²) in [4.78, 5) is 10.6. The fourth-order valence-electron chi connectivity index (χ4n) is 4.65. The number of carbonyl (C=O) groups is 1. The van der Waals surface area contributed by atoms with Gasteiger partial charge in [-0.1, -0.05) is 20.8 Å². The standard InChI is InChI=1S/C9H16O2.C9H18O.C7H12O/c1-8-2-4-9(5-3-8)10-6-7-11-9;1-8-4-6-9(2,10-3)7-5-8;1-6-2-4-7(8)5-3-6/h8H,2-7H2,1H3;8H,4-7H2,1-3H3;6H,2-5H2,1H3. The number of ether oxygens (including phenoxy) is 3. The number of rotatable bonds is 1. The van der Waals surface area contributed by atoms with Crippen LogP contribution in [0, 0.1) is 17.8 Å². The molecule has 0 aromatic heterocycles. The van der Waals surface area contributed by atoms with Gasteiger partial charge in [0.1, 0.15) is 5.78 Å². The minimum atomic E-state index is -0.146. The first kappa shape index (κ1) is 24.8. The summed E-state index contributed by atoms with van der Waals surface area (Å²) in [5.74, 6) is 2.90. The highest BCUT2D eigenvalue weighted by atomic mass is 16.7. The van der Waals surface area contributed by atoms with E-state index in [9.17, 15) is 4.79 Å². The van der Waals surface area contributed by atoms with Gasteiger partial charge in [-0.2, -0.15) is 0 Å². The van der Waals surface area contributed by atoms with Crippen molar-refractivity contribution in [1.82, 2.24) is 0 Å². The third-order valence-electron chi connectivity index (χ3n) is 7.51. The summed E-state index contributed by atoms with van der Waals surface area (Å²) < 4.78 is 16.6. The van der Waals surface area contributed by atoms with Crippen LogP contribution in [-0.2, 0) is 19.0 Å². The van der Waals surface area contributed by atoms with Gasteiger partial charge >= 0.3 is 0 Å². The quantitative estimate of drug-likeness (QED) is 0.508. The van der Waals surface area contributed by atoms with E-state index in [4.69, 9.17) is 14.2 Å². The Morgan fingerprint density at radius 1 is 0.759 bits per heavy atom. The molecule has 3 saturated carbocycles. The molecular formula is C25H46O4. The molecule has 1 aliphatic heterocycles. The second kappa shape index (κ2) is 11.8. The Morgan fingerprint density at radius 3 is 1.59 bits per heavy atom. The van der Waals surface area contributed by atoms with Crippen molar-refractivity contribution in [3.8, 4) is 0 Å². The number of Topliss-reactive ketones (excluding diaryl/α,β-unsaturated/α-hetero) is 1. The first-order valence-electron chi connectivity index (χ1n) is 12.1. The molecule has 0 bridgehead atoms. The highest BCUT2D eigenvalue weighted by molar-refractivity contribution is 5.78. The molecule has 1 heterocycles. The van der Waals surface area contributed by atoms with E-state index in [0.29, 0.717) is 5.78 Å². The van der Waals surface area contributed by atoms with Crippen LogP contribution in [0.5, 0.6) is 0 Å². The topological polar surface area (TPSA) is 44.8 Å². The summed E-state index contributed by atoms with van der Waals surface area (Å²) in [6, 6.07) is 0. The van der Waals surface area contributed by atoms with Crippen molar-refractivity contribution < 1.29 is 19.0 Å². The summed E-state index contributed by atoms with van der Waals surface area (Å²) in [5.41, 5.74) is 0.201. The predicted octanol–water partition coefficient (Wildman–Crippen LogP) is 6.31. The lowest BCUT2D eigenvalue weighted by atomic mass is 9.81. The maximum Gasteiger partial charge on any atom is 0.168 e. The smallest absolute Gasteiger partial charge is 0.168 e. The van der Waals surface area contributed by atoms with Crippen LogP contribution < -0.4 is 0 Å². The number of hydrogen-bond donors (Lipinski definition) is 0. The molecular weight excluding hydrogens is 364 g/mol. The molecule has 4 heteroatoms. The maximum atomic E-state index is 10.6. The zero-order chi connectivity index (χ0) is 21.3. The van der Waals surface area contributed by atoms with Crippen molar-refractivity contribution in [3.63, 3.8) is 0 Å². The summed E-state index contributed by atoms with van der Waals surface area (Å²) in [6.45, 7) is 10.7. The zero-order valence-electron chi connectivity index (χ0n) is 19.8. The van der Waals surface area contributed by atoms with E-state index in [1.54, 1.807) is 0 Å². The van der Waals surface area contributed by atoms with Gasteiger partial charge in [0.25, 0.3) is 0 Å². The van der Waals surface area contributed by atoms with Crippen molar-refractivity contribution in [1.29, 1.82) is 0 Å². The van der Waals surface area contributed by atoms with Crippen molar-refractivity contribution >= 4 is 5.78 Å². The van der Waals surface area contributed by atoms with Crippen LogP contribution in [0.2, 0.25) is 0 Å². The fraction of sp³-hybridized carbons (Fsp3) is 0.960. The van der Waals surface area contributed by atoms with E-state index >= 15 is 0 Å². The van der Waals surface area contributed by atoms with Crippen molar-refractivity contribution in [2.75, 3.05) is 20.3 Å². The van der Waals surface area contributed by atoms with Gasteiger partial charge in [-0.25, -0.2) is 0 Å². The number of ketones is 1. The highest BCUT2D eigenvalue weighted by Crippen LogP contribution is 2.37. The van der Waals surface area contributed by atoms with E-state index in [1.165, 1.54) is 38.5 Å². The predicted molar refractivity (Wildman–Crippen MR) is 118 cm³/mol. The zero-order valence-corrected chi connectivity index (χ0v) is 19.8. The third kappa shape index (κ3) is 8.67. The van der Waals surface area contributed by atoms with Crippen LogP contribution in [-0.4, -0.2) is 37.5 Å². The summed E-state index contributed by atoms with van der Waals surface area (Å²) in [5, 5.41) is 0. The van der Waals surface area contributed by atoms with Crippen LogP contribution in [0.1, 0.15) is 105 Å². The molecule has 4 rings (SSSR count). The van der Waals surface area contributed by atoms with E-state index < -0.39 is 0 Å². The Labute approximate surface area is 179 Å². The average molecular weight is 411 g/mol. The monoisotopic (exact) mass is 410 g/mol. The number of carbonyl (C=O) groups excluding carboxylic acids is 1. The molecule has 1 saturated heterocycles. The van der Waals surface area contributed by atoms with Crippen LogP contribution in [0.4, 0.5) is 0 Å². The summed E-state index contributed by atoms with van der Waals surface area (Å²) in [6.07, 6.45) is 13.8. The molecule has 4 nitrogen and oxygen atoms in total. The van der Waals surface area contributed by atoms with Gasteiger partial charge in [0.15, 0.2) is 5.79 Å². The van der Waals surface area contributed by atoms with E-state index in [-0.39, 0.29) is 11.4 Å².